The molecule has 0 aromatic heterocycles. The van der Waals surface area contributed by atoms with E-state index in [2.05, 4.69) is 0 Å². The molecular weight excluding hydrogens is 623 g/mol. The fraction of sp³-hybridized carbons (Fsp3) is 1.00. The van der Waals surface area contributed by atoms with E-state index in [0.29, 0.717) is 18.9 Å². The van der Waals surface area contributed by atoms with Crippen LogP contribution in [0.4, 0.5) is 26.3 Å². The predicted molar refractivity (Wildman–Crippen MR) is 159 cm³/mol. The first-order valence-electron chi connectivity index (χ1n) is 14.5. The van der Waals surface area contributed by atoms with E-state index in [1.54, 1.807) is 26.2 Å². The third-order valence-corrected chi connectivity index (χ3v) is 23.5. The van der Waals surface area contributed by atoms with E-state index >= 15 is 0 Å². The van der Waals surface area contributed by atoms with Crippen LogP contribution in [-0.2, 0) is 17.1 Å². The van der Waals surface area contributed by atoms with E-state index < -0.39 is 76.5 Å². The maximum Gasteiger partial charge on any atom is 0.389 e. The number of halogens is 6. The third kappa shape index (κ3) is 18.6. The largest absolute Gasteiger partial charge is 0.436 e. The smallest absolute Gasteiger partial charge is 0.389 e. The van der Waals surface area contributed by atoms with Gasteiger partial charge in [0.15, 0.2) is 16.6 Å². The first-order valence-corrected chi connectivity index (χ1v) is 25.8. The van der Waals surface area contributed by atoms with Crippen LogP contribution in [0, 0.1) is 5.41 Å². The van der Waals surface area contributed by atoms with Crippen LogP contribution >= 0.6 is 0 Å². The molecule has 0 unspecified atom stereocenters. The number of hydrogen-bond acceptors (Lipinski definition) is 6. The molecule has 0 aliphatic carbocycles. The van der Waals surface area contributed by atoms with Crippen molar-refractivity contribution in [1.82, 2.24) is 0 Å². The SMILES string of the molecule is CCCC[Si](C)(C)O[Si](C)(C)O[Si](CCC(F)(F)F)(CCC(F)(F)F)O[Si](C)(C)CCCOCC(CC)(CO)CO. The minimum atomic E-state index is -4.57. The van der Waals surface area contributed by atoms with Crippen molar-refractivity contribution in [2.24, 2.45) is 5.41 Å². The van der Waals surface area contributed by atoms with Gasteiger partial charge in [0.1, 0.15) is 0 Å². The fourth-order valence-electron chi connectivity index (χ4n) is 4.71. The molecule has 0 saturated heterocycles. The van der Waals surface area contributed by atoms with Crippen LogP contribution < -0.4 is 0 Å². The summed E-state index contributed by atoms with van der Waals surface area (Å²) in [4.78, 5) is 0. The summed E-state index contributed by atoms with van der Waals surface area (Å²) in [5.74, 6) is 0. The van der Waals surface area contributed by atoms with Crippen molar-refractivity contribution in [3.63, 3.8) is 0 Å². The van der Waals surface area contributed by atoms with Gasteiger partial charge in [-0.3, -0.25) is 0 Å². The number of alkyl halides is 6. The standard InChI is InChI=1S/C25H54F6O6Si4/c1-9-11-16-38(3,4)35-40(7,8)37-41(18-13-24(26,27)28,19-14-25(29,30)31)36-39(5,6)17-12-15-34-22-23(10-2,20-32)21-33/h32-33H,9-22H2,1-8H3. The highest BCUT2D eigenvalue weighted by molar-refractivity contribution is 6.90. The van der Waals surface area contributed by atoms with Gasteiger partial charge in [-0.2, -0.15) is 26.3 Å². The minimum absolute atomic E-state index is 0.132. The Kier molecular flexibility index (Phi) is 17.1. The molecule has 0 spiro atoms. The van der Waals surface area contributed by atoms with Crippen molar-refractivity contribution >= 4 is 33.8 Å². The van der Waals surface area contributed by atoms with Gasteiger partial charge in [0.2, 0.25) is 0 Å². The molecular formula is C25H54F6O6Si4. The van der Waals surface area contributed by atoms with Gasteiger partial charge in [-0.15, -0.1) is 0 Å². The summed E-state index contributed by atoms with van der Waals surface area (Å²) in [7, 11) is -12.3. The quantitative estimate of drug-likeness (QED) is 0.0686. The zero-order valence-electron chi connectivity index (χ0n) is 26.2. The van der Waals surface area contributed by atoms with Crippen molar-refractivity contribution in [2.75, 3.05) is 26.4 Å². The predicted octanol–water partition coefficient (Wildman–Crippen LogP) is 8.08. The molecule has 16 heteroatoms. The van der Waals surface area contributed by atoms with E-state index in [4.69, 9.17) is 17.1 Å². The van der Waals surface area contributed by atoms with Gasteiger partial charge in [0.05, 0.1) is 19.8 Å². The number of rotatable bonds is 22. The van der Waals surface area contributed by atoms with Crippen LogP contribution in [0.3, 0.4) is 0 Å². The van der Waals surface area contributed by atoms with Crippen molar-refractivity contribution in [3.05, 3.63) is 0 Å². The summed E-state index contributed by atoms with van der Waals surface area (Å²) in [6, 6.07) is 0.000556. The van der Waals surface area contributed by atoms with Gasteiger partial charge in [0.25, 0.3) is 0 Å². The Morgan fingerprint density at radius 1 is 0.634 bits per heavy atom. The highest BCUT2D eigenvalue weighted by atomic mass is 28.5. The molecule has 6 nitrogen and oxygen atoms in total. The molecule has 0 bridgehead atoms. The molecule has 0 atom stereocenters. The first-order chi connectivity index (χ1) is 18.5. The van der Waals surface area contributed by atoms with Crippen LogP contribution in [0.25, 0.3) is 0 Å². The number of ether oxygens (including phenoxy) is 1. The average molecular weight is 677 g/mol. The van der Waals surface area contributed by atoms with Crippen molar-refractivity contribution in [2.45, 2.75) is 128 Å². The summed E-state index contributed by atoms with van der Waals surface area (Å²) < 4.78 is 106. The highest BCUT2D eigenvalue weighted by Crippen LogP contribution is 2.39. The van der Waals surface area contributed by atoms with Crippen LogP contribution in [0.1, 0.15) is 52.4 Å². The third-order valence-electron chi connectivity index (χ3n) is 7.02. The van der Waals surface area contributed by atoms with Gasteiger partial charge in [-0.25, -0.2) is 0 Å². The number of aliphatic hydroxyl groups is 2. The number of unbranched alkanes of at least 4 members (excludes halogenated alkanes) is 1. The Morgan fingerprint density at radius 3 is 1.51 bits per heavy atom. The summed E-state index contributed by atoms with van der Waals surface area (Å²) in [6.45, 7) is 14.7. The lowest BCUT2D eigenvalue weighted by molar-refractivity contribution is -0.133. The molecule has 0 aliphatic rings. The fourth-order valence-corrected chi connectivity index (χ4v) is 25.0. The molecule has 2 N–H and O–H groups in total. The number of aliphatic hydroxyl groups excluding tert-OH is 2. The van der Waals surface area contributed by atoms with Gasteiger partial charge in [-0.05, 0) is 76.3 Å². The van der Waals surface area contributed by atoms with E-state index in [0.717, 1.165) is 18.9 Å². The second kappa shape index (κ2) is 17.1. The average Bonchev–Trinajstić information content (AvgIpc) is 2.81. The Morgan fingerprint density at radius 2 is 1.10 bits per heavy atom. The van der Waals surface area contributed by atoms with E-state index in [9.17, 15) is 36.6 Å². The molecule has 0 aromatic carbocycles. The van der Waals surface area contributed by atoms with Crippen molar-refractivity contribution in [1.29, 1.82) is 0 Å². The number of hydrogen-bond donors (Lipinski definition) is 2. The normalized spacial score (nSPS) is 14.6. The van der Waals surface area contributed by atoms with Crippen LogP contribution in [0.2, 0.25) is 63.5 Å². The summed E-state index contributed by atoms with van der Waals surface area (Å²) >= 11 is 0. The second-order valence-corrected chi connectivity index (χ2v) is 28.9. The Labute approximate surface area is 247 Å². The first kappa shape index (κ1) is 41.2. The van der Waals surface area contributed by atoms with Gasteiger partial charge in [-0.1, -0.05) is 26.7 Å². The monoisotopic (exact) mass is 676 g/mol. The van der Waals surface area contributed by atoms with E-state index in [1.807, 2.05) is 26.9 Å². The second-order valence-electron chi connectivity index (χ2n) is 12.8. The van der Waals surface area contributed by atoms with Crippen molar-refractivity contribution in [3.8, 4) is 0 Å². The van der Waals surface area contributed by atoms with Crippen molar-refractivity contribution < 1.29 is 53.6 Å². The lowest BCUT2D eigenvalue weighted by Gasteiger charge is -2.44. The topological polar surface area (TPSA) is 77.4 Å². The zero-order chi connectivity index (χ0) is 32.2. The molecule has 0 aromatic rings. The van der Waals surface area contributed by atoms with E-state index in [1.165, 1.54) is 0 Å². The van der Waals surface area contributed by atoms with Gasteiger partial charge < -0.3 is 27.3 Å². The maximum absolute atomic E-state index is 13.4. The molecule has 0 saturated carbocycles. The Balaban J connectivity index is 5.96. The summed E-state index contributed by atoms with van der Waals surface area (Å²) in [5, 5.41) is 19.2. The van der Waals surface area contributed by atoms with Gasteiger partial charge >= 0.3 is 29.5 Å². The molecule has 248 valence electrons. The van der Waals surface area contributed by atoms with Crippen LogP contribution in [0.5, 0.6) is 0 Å². The lowest BCUT2D eigenvalue weighted by atomic mass is 9.88. The van der Waals surface area contributed by atoms with Crippen LogP contribution in [0.15, 0.2) is 0 Å². The zero-order valence-corrected chi connectivity index (χ0v) is 30.2. The molecule has 0 aliphatic heterocycles. The molecule has 0 fully saturated rings. The molecule has 41 heavy (non-hydrogen) atoms. The maximum atomic E-state index is 13.4. The van der Waals surface area contributed by atoms with Gasteiger partial charge in [0, 0.05) is 24.9 Å². The minimum Gasteiger partial charge on any atom is -0.436 e. The molecule has 0 rings (SSSR count). The van der Waals surface area contributed by atoms with Crippen LogP contribution in [-0.4, -0.2) is 82.7 Å². The highest BCUT2D eigenvalue weighted by Gasteiger charge is 2.52. The molecule has 0 amide bonds. The summed E-state index contributed by atoms with van der Waals surface area (Å²) in [6.07, 6.45) is -8.88. The molecule has 0 heterocycles. The molecule has 0 radical (unpaired) electrons. The Hall–Kier alpha value is 0.208. The van der Waals surface area contributed by atoms with E-state index in [-0.39, 0.29) is 26.4 Å². The Bertz CT molecular complexity index is 708. The summed E-state index contributed by atoms with van der Waals surface area (Å²) in [5.41, 5.74) is -0.765. The lowest BCUT2D eigenvalue weighted by Crippen LogP contribution is -2.59.